The number of nitriles is 1. The van der Waals surface area contributed by atoms with Gasteiger partial charge in [-0.15, -0.1) is 0 Å². The Labute approximate surface area is 157 Å². The molecule has 0 bridgehead atoms. The molecule has 2 atom stereocenters. The van der Waals surface area contributed by atoms with E-state index in [0.29, 0.717) is 43.3 Å². The normalized spacial score (nSPS) is 23.2. The number of rotatable bonds is 2. The number of amides is 3. The number of nitrogens with zero attached hydrogens (tertiary/aromatic N) is 3. The van der Waals surface area contributed by atoms with Crippen molar-refractivity contribution in [3.05, 3.63) is 28.8 Å². The largest absolute Gasteiger partial charge is 0.367 e. The average molecular weight is 376 g/mol. The summed E-state index contributed by atoms with van der Waals surface area (Å²) in [7, 11) is 0. The van der Waals surface area contributed by atoms with Crippen LogP contribution in [0.1, 0.15) is 18.9 Å². The van der Waals surface area contributed by atoms with Crippen LogP contribution in [0.5, 0.6) is 0 Å². The summed E-state index contributed by atoms with van der Waals surface area (Å²) < 4.78 is 0. The predicted octanol–water partition coefficient (Wildman–Crippen LogP) is 1.57. The van der Waals surface area contributed by atoms with Gasteiger partial charge in [0.1, 0.15) is 6.04 Å². The van der Waals surface area contributed by atoms with Crippen molar-refractivity contribution < 1.29 is 9.59 Å². The number of carbonyl (C=O) groups is 2. The molecule has 0 saturated carbocycles. The maximum absolute atomic E-state index is 12.5. The van der Waals surface area contributed by atoms with Crippen molar-refractivity contribution in [2.24, 2.45) is 5.92 Å². The predicted molar refractivity (Wildman–Crippen MR) is 99.1 cm³/mol. The summed E-state index contributed by atoms with van der Waals surface area (Å²) in [5.74, 6) is 0.0199. The van der Waals surface area contributed by atoms with Gasteiger partial charge in [0.05, 0.1) is 22.3 Å². The van der Waals surface area contributed by atoms with Crippen LogP contribution in [0.3, 0.4) is 0 Å². The Bertz CT molecular complexity index is 740. The van der Waals surface area contributed by atoms with Crippen LogP contribution in [0.4, 0.5) is 10.5 Å². The molecule has 2 N–H and O–H groups in total. The Hall–Kier alpha value is -2.46. The van der Waals surface area contributed by atoms with E-state index in [2.05, 4.69) is 21.6 Å². The second-order valence-corrected chi connectivity index (χ2v) is 7.14. The highest BCUT2D eigenvalue weighted by Gasteiger charge is 2.32. The fourth-order valence-corrected chi connectivity index (χ4v) is 3.67. The minimum Gasteiger partial charge on any atom is -0.367 e. The number of hydrogen-bond donors (Lipinski definition) is 2. The molecule has 2 aliphatic heterocycles. The van der Waals surface area contributed by atoms with Gasteiger partial charge in [-0.1, -0.05) is 18.5 Å². The van der Waals surface area contributed by atoms with E-state index in [4.69, 9.17) is 16.9 Å². The van der Waals surface area contributed by atoms with Crippen LogP contribution in [-0.2, 0) is 4.79 Å². The lowest BCUT2D eigenvalue weighted by Gasteiger charge is -2.38. The molecule has 0 radical (unpaired) electrons. The lowest BCUT2D eigenvalue weighted by Crippen LogP contribution is -2.59. The molecule has 138 valence electrons. The molecule has 2 heterocycles. The third-order valence-corrected chi connectivity index (χ3v) is 5.32. The number of piperazine rings is 1. The third-order valence-electron chi connectivity index (χ3n) is 5.01. The number of nitrogens with one attached hydrogen (secondary N) is 2. The Morgan fingerprint density at radius 2 is 2.08 bits per heavy atom. The molecule has 1 aromatic rings. The molecule has 2 aliphatic rings. The summed E-state index contributed by atoms with van der Waals surface area (Å²) in [6.07, 6.45) is 0.863. The summed E-state index contributed by atoms with van der Waals surface area (Å²) in [4.78, 5) is 28.3. The van der Waals surface area contributed by atoms with Gasteiger partial charge in [-0.25, -0.2) is 4.79 Å². The number of anilines is 1. The van der Waals surface area contributed by atoms with E-state index in [-0.39, 0.29) is 17.9 Å². The first-order chi connectivity index (χ1) is 12.5. The molecule has 3 rings (SSSR count). The first-order valence-electron chi connectivity index (χ1n) is 8.77. The highest BCUT2D eigenvalue weighted by atomic mass is 35.5. The number of benzene rings is 1. The summed E-state index contributed by atoms with van der Waals surface area (Å²) >= 11 is 6.27. The van der Waals surface area contributed by atoms with Crippen LogP contribution in [0.25, 0.3) is 0 Å². The van der Waals surface area contributed by atoms with Crippen molar-refractivity contribution in [1.29, 1.82) is 5.26 Å². The van der Waals surface area contributed by atoms with Crippen LogP contribution in [0.15, 0.2) is 18.2 Å². The molecule has 1 aromatic carbocycles. The van der Waals surface area contributed by atoms with Crippen molar-refractivity contribution in [2.45, 2.75) is 19.4 Å². The zero-order chi connectivity index (χ0) is 18.7. The van der Waals surface area contributed by atoms with Gasteiger partial charge < -0.3 is 20.4 Å². The molecular formula is C18H22ClN5O2. The molecule has 0 aliphatic carbocycles. The number of urea groups is 1. The Morgan fingerprint density at radius 3 is 2.69 bits per heavy atom. The Kier molecular flexibility index (Phi) is 5.52. The molecule has 0 spiro atoms. The second kappa shape index (κ2) is 7.83. The van der Waals surface area contributed by atoms with Gasteiger partial charge in [0, 0.05) is 32.7 Å². The summed E-state index contributed by atoms with van der Waals surface area (Å²) in [5, 5.41) is 15.1. The summed E-state index contributed by atoms with van der Waals surface area (Å²) in [6, 6.07) is 6.62. The Balaban J connectivity index is 1.57. The summed E-state index contributed by atoms with van der Waals surface area (Å²) in [6.45, 7) is 5.03. The van der Waals surface area contributed by atoms with Crippen molar-refractivity contribution in [2.75, 3.05) is 37.6 Å². The van der Waals surface area contributed by atoms with Gasteiger partial charge in [-0.3, -0.25) is 4.79 Å². The molecular weight excluding hydrogens is 354 g/mol. The van der Waals surface area contributed by atoms with E-state index >= 15 is 0 Å². The maximum atomic E-state index is 12.5. The van der Waals surface area contributed by atoms with Crippen LogP contribution in [0, 0.1) is 17.2 Å². The minimum absolute atomic E-state index is 0.111. The molecule has 2 fully saturated rings. The molecule has 26 heavy (non-hydrogen) atoms. The first-order valence-corrected chi connectivity index (χ1v) is 9.15. The van der Waals surface area contributed by atoms with Crippen LogP contribution < -0.4 is 15.5 Å². The van der Waals surface area contributed by atoms with E-state index in [1.807, 2.05) is 13.0 Å². The fourth-order valence-electron chi connectivity index (χ4n) is 3.37. The molecule has 2 unspecified atom stereocenters. The van der Waals surface area contributed by atoms with Crippen molar-refractivity contribution >= 4 is 29.2 Å². The standard InChI is InChI=1S/C18H22ClN5O2/c1-12-4-5-21-17(25)16(12)22-18(26)24-8-6-23(7-9-24)15-3-2-13(11-20)10-14(15)19/h2-3,10,12,16H,4-9H2,1H3,(H,21,25)(H,22,26). The van der Waals surface area contributed by atoms with Crippen molar-refractivity contribution in [3.63, 3.8) is 0 Å². The van der Waals surface area contributed by atoms with Gasteiger partial charge in [0.2, 0.25) is 5.91 Å². The molecule has 3 amide bonds. The summed E-state index contributed by atoms with van der Waals surface area (Å²) in [5.41, 5.74) is 1.39. The average Bonchev–Trinajstić information content (AvgIpc) is 2.64. The van der Waals surface area contributed by atoms with E-state index in [1.165, 1.54) is 0 Å². The van der Waals surface area contributed by atoms with Gasteiger partial charge in [-0.2, -0.15) is 5.26 Å². The first kappa shape index (κ1) is 18.3. The molecule has 7 nitrogen and oxygen atoms in total. The van der Waals surface area contributed by atoms with E-state index < -0.39 is 6.04 Å². The number of piperidine rings is 1. The SMILES string of the molecule is CC1CCNC(=O)C1NC(=O)N1CCN(c2ccc(C#N)cc2Cl)CC1. The third kappa shape index (κ3) is 3.86. The second-order valence-electron chi connectivity index (χ2n) is 6.74. The van der Waals surface area contributed by atoms with Crippen molar-refractivity contribution in [3.8, 4) is 6.07 Å². The quantitative estimate of drug-likeness (QED) is 0.821. The number of hydrogen-bond acceptors (Lipinski definition) is 4. The molecule has 8 heteroatoms. The zero-order valence-corrected chi connectivity index (χ0v) is 15.4. The van der Waals surface area contributed by atoms with Crippen LogP contribution in [0.2, 0.25) is 5.02 Å². The molecule has 2 saturated heterocycles. The fraction of sp³-hybridized carbons (Fsp3) is 0.500. The van der Waals surface area contributed by atoms with Crippen LogP contribution in [-0.4, -0.2) is 55.6 Å². The topological polar surface area (TPSA) is 88.5 Å². The number of halogens is 1. The lowest BCUT2D eigenvalue weighted by molar-refractivity contribution is -0.125. The van der Waals surface area contributed by atoms with Crippen LogP contribution >= 0.6 is 11.6 Å². The Morgan fingerprint density at radius 1 is 1.35 bits per heavy atom. The van der Waals surface area contributed by atoms with Gasteiger partial charge >= 0.3 is 6.03 Å². The number of carbonyl (C=O) groups excluding carboxylic acids is 2. The van der Waals surface area contributed by atoms with Gasteiger partial charge in [0.15, 0.2) is 0 Å². The van der Waals surface area contributed by atoms with Gasteiger partial charge in [0.25, 0.3) is 0 Å². The zero-order valence-electron chi connectivity index (χ0n) is 14.7. The lowest BCUT2D eigenvalue weighted by atomic mass is 9.94. The maximum Gasteiger partial charge on any atom is 0.318 e. The minimum atomic E-state index is -0.470. The van der Waals surface area contributed by atoms with E-state index in [1.54, 1.807) is 17.0 Å². The highest BCUT2D eigenvalue weighted by Crippen LogP contribution is 2.27. The smallest absolute Gasteiger partial charge is 0.318 e. The van der Waals surface area contributed by atoms with E-state index in [0.717, 1.165) is 12.1 Å². The monoisotopic (exact) mass is 375 g/mol. The van der Waals surface area contributed by atoms with Crippen molar-refractivity contribution in [1.82, 2.24) is 15.5 Å². The molecule has 0 aromatic heterocycles. The van der Waals surface area contributed by atoms with Gasteiger partial charge in [-0.05, 0) is 30.5 Å². The van der Waals surface area contributed by atoms with E-state index in [9.17, 15) is 9.59 Å². The highest BCUT2D eigenvalue weighted by molar-refractivity contribution is 6.33.